The van der Waals surface area contributed by atoms with Crippen molar-refractivity contribution in [1.82, 2.24) is 5.32 Å². The first-order chi connectivity index (χ1) is 11.8. The molecule has 2 nitrogen and oxygen atoms in total. The minimum atomic E-state index is -0.509. The van der Waals surface area contributed by atoms with Gasteiger partial charge in [0.25, 0.3) is 0 Å². The van der Waals surface area contributed by atoms with Gasteiger partial charge in [0.05, 0.1) is 6.10 Å². The van der Waals surface area contributed by atoms with Gasteiger partial charge in [-0.05, 0) is 62.8 Å². The molecule has 25 heavy (non-hydrogen) atoms. The standard InChI is InChI=1S/C20H21NOS2.ClH/c1-15(20(22)16-5-3-2-4-6-16)21-10-7-19(17-8-11-23-13-17)18-9-12-24-14-18;/h2-9,11-15,20-22H,10H2,1H3;1H/t15-,20-;/m0./s1. The Hall–Kier alpha value is -1.43. The molecule has 0 aliphatic heterocycles. The topological polar surface area (TPSA) is 32.3 Å². The van der Waals surface area contributed by atoms with Crippen LogP contribution in [0.4, 0.5) is 0 Å². The van der Waals surface area contributed by atoms with Crippen LogP contribution >= 0.6 is 35.1 Å². The fourth-order valence-electron chi connectivity index (χ4n) is 2.64. The minimum Gasteiger partial charge on any atom is -0.387 e. The largest absolute Gasteiger partial charge is 0.387 e. The monoisotopic (exact) mass is 391 g/mol. The molecular weight excluding hydrogens is 370 g/mol. The van der Waals surface area contributed by atoms with Crippen molar-refractivity contribution in [2.75, 3.05) is 6.54 Å². The fraction of sp³-hybridized carbons (Fsp3) is 0.200. The normalized spacial score (nSPS) is 12.9. The van der Waals surface area contributed by atoms with E-state index in [4.69, 9.17) is 0 Å². The van der Waals surface area contributed by atoms with Crippen molar-refractivity contribution in [2.24, 2.45) is 0 Å². The summed E-state index contributed by atoms with van der Waals surface area (Å²) in [6.07, 6.45) is 1.70. The number of aliphatic hydroxyl groups is 1. The molecule has 132 valence electrons. The van der Waals surface area contributed by atoms with E-state index in [2.05, 4.69) is 45.0 Å². The SMILES string of the molecule is C[C@H](NCC=C(c1ccsc1)c1ccsc1)[C@H](O)c1ccccc1.Cl. The first-order valence-corrected chi connectivity index (χ1v) is 9.86. The maximum absolute atomic E-state index is 10.4. The summed E-state index contributed by atoms with van der Waals surface area (Å²) in [6, 6.07) is 14.1. The molecule has 2 heterocycles. The molecule has 5 heteroatoms. The molecule has 2 aromatic heterocycles. The van der Waals surface area contributed by atoms with Crippen molar-refractivity contribution in [3.8, 4) is 0 Å². The summed E-state index contributed by atoms with van der Waals surface area (Å²) in [6.45, 7) is 2.73. The first-order valence-electron chi connectivity index (χ1n) is 7.97. The summed E-state index contributed by atoms with van der Waals surface area (Å²) in [4.78, 5) is 0. The summed E-state index contributed by atoms with van der Waals surface area (Å²) >= 11 is 3.42. The smallest absolute Gasteiger partial charge is 0.0940 e. The van der Waals surface area contributed by atoms with Gasteiger partial charge < -0.3 is 10.4 Å². The zero-order valence-electron chi connectivity index (χ0n) is 14.0. The van der Waals surface area contributed by atoms with Crippen LogP contribution < -0.4 is 5.32 Å². The van der Waals surface area contributed by atoms with E-state index in [1.807, 2.05) is 37.3 Å². The predicted octanol–water partition coefficient (Wildman–Crippen LogP) is 5.37. The number of hydrogen-bond donors (Lipinski definition) is 2. The highest BCUT2D eigenvalue weighted by atomic mass is 35.5. The third-order valence-corrected chi connectivity index (χ3v) is 5.39. The summed E-state index contributed by atoms with van der Waals surface area (Å²) in [5.74, 6) is 0. The molecule has 0 aliphatic carbocycles. The molecule has 0 saturated heterocycles. The third kappa shape index (κ3) is 5.27. The molecule has 2 atom stereocenters. The maximum Gasteiger partial charge on any atom is 0.0940 e. The third-order valence-electron chi connectivity index (χ3n) is 4.03. The molecule has 0 aliphatic rings. The second kappa shape index (κ2) is 9.90. The van der Waals surface area contributed by atoms with Crippen molar-refractivity contribution in [3.05, 3.63) is 86.8 Å². The number of nitrogens with one attached hydrogen (secondary N) is 1. The lowest BCUT2D eigenvalue weighted by atomic mass is 10.0. The van der Waals surface area contributed by atoms with Crippen LogP contribution in [-0.4, -0.2) is 17.7 Å². The Labute approximate surface area is 163 Å². The zero-order valence-corrected chi connectivity index (χ0v) is 16.4. The zero-order chi connectivity index (χ0) is 16.8. The molecule has 0 spiro atoms. The molecule has 0 fully saturated rings. The van der Waals surface area contributed by atoms with Crippen LogP contribution in [0.15, 0.2) is 70.1 Å². The van der Waals surface area contributed by atoms with Crippen LogP contribution in [0.5, 0.6) is 0 Å². The molecule has 1 aromatic carbocycles. The van der Waals surface area contributed by atoms with E-state index in [-0.39, 0.29) is 18.4 Å². The lowest BCUT2D eigenvalue weighted by Gasteiger charge is -2.20. The molecule has 0 bridgehead atoms. The lowest BCUT2D eigenvalue weighted by molar-refractivity contribution is 0.138. The highest BCUT2D eigenvalue weighted by Crippen LogP contribution is 2.26. The summed E-state index contributed by atoms with van der Waals surface area (Å²) in [5.41, 5.74) is 4.68. The number of hydrogen-bond acceptors (Lipinski definition) is 4. The van der Waals surface area contributed by atoms with Crippen molar-refractivity contribution in [2.45, 2.75) is 19.1 Å². The molecule has 0 saturated carbocycles. The van der Waals surface area contributed by atoms with E-state index in [0.29, 0.717) is 6.54 Å². The number of aliphatic hydroxyl groups excluding tert-OH is 1. The van der Waals surface area contributed by atoms with E-state index < -0.39 is 6.10 Å². The van der Waals surface area contributed by atoms with Gasteiger partial charge in [-0.1, -0.05) is 36.4 Å². The molecule has 0 radical (unpaired) electrons. The van der Waals surface area contributed by atoms with Gasteiger partial charge in [-0.3, -0.25) is 0 Å². The van der Waals surface area contributed by atoms with E-state index in [1.54, 1.807) is 22.7 Å². The van der Waals surface area contributed by atoms with Crippen molar-refractivity contribution < 1.29 is 5.11 Å². The summed E-state index contributed by atoms with van der Waals surface area (Å²) in [7, 11) is 0. The number of thiophene rings is 2. The quantitative estimate of drug-likeness (QED) is 0.567. The van der Waals surface area contributed by atoms with Gasteiger partial charge in [-0.15, -0.1) is 12.4 Å². The van der Waals surface area contributed by atoms with Crippen molar-refractivity contribution in [1.29, 1.82) is 0 Å². The maximum atomic E-state index is 10.4. The van der Waals surface area contributed by atoms with Crippen LogP contribution in [0.3, 0.4) is 0 Å². The fourth-order valence-corrected chi connectivity index (χ4v) is 3.95. The summed E-state index contributed by atoms with van der Waals surface area (Å²) in [5, 5.41) is 22.4. The van der Waals surface area contributed by atoms with Gasteiger partial charge in [-0.2, -0.15) is 22.7 Å². The number of rotatable bonds is 7. The van der Waals surface area contributed by atoms with Crippen LogP contribution in [0.25, 0.3) is 5.57 Å². The predicted molar refractivity (Wildman–Crippen MR) is 112 cm³/mol. The van der Waals surface area contributed by atoms with Crippen LogP contribution in [0.1, 0.15) is 29.7 Å². The van der Waals surface area contributed by atoms with Gasteiger partial charge in [0, 0.05) is 12.6 Å². The molecule has 0 unspecified atom stereocenters. The Morgan fingerprint density at radius 1 is 1.04 bits per heavy atom. The van der Waals surface area contributed by atoms with Crippen LogP contribution in [-0.2, 0) is 0 Å². The van der Waals surface area contributed by atoms with Crippen LogP contribution in [0, 0.1) is 0 Å². The lowest BCUT2D eigenvalue weighted by Crippen LogP contribution is -2.32. The second-order valence-electron chi connectivity index (χ2n) is 5.69. The van der Waals surface area contributed by atoms with E-state index in [9.17, 15) is 5.11 Å². The van der Waals surface area contributed by atoms with Crippen molar-refractivity contribution in [3.63, 3.8) is 0 Å². The van der Waals surface area contributed by atoms with Gasteiger partial charge in [-0.25, -0.2) is 0 Å². The van der Waals surface area contributed by atoms with E-state index >= 15 is 0 Å². The molecule has 2 N–H and O–H groups in total. The molecule has 0 amide bonds. The van der Waals surface area contributed by atoms with Crippen LogP contribution in [0.2, 0.25) is 0 Å². The van der Waals surface area contributed by atoms with Gasteiger partial charge >= 0.3 is 0 Å². The van der Waals surface area contributed by atoms with E-state index in [0.717, 1.165) is 5.56 Å². The van der Waals surface area contributed by atoms with Gasteiger partial charge in [0.2, 0.25) is 0 Å². The molecule has 3 aromatic rings. The molecule has 3 rings (SSSR count). The Kier molecular flexibility index (Phi) is 7.88. The highest BCUT2D eigenvalue weighted by molar-refractivity contribution is 7.08. The Morgan fingerprint density at radius 2 is 1.64 bits per heavy atom. The average molecular weight is 392 g/mol. The van der Waals surface area contributed by atoms with E-state index in [1.165, 1.54) is 16.7 Å². The minimum absolute atomic E-state index is 0. The highest BCUT2D eigenvalue weighted by Gasteiger charge is 2.15. The second-order valence-corrected chi connectivity index (χ2v) is 7.25. The average Bonchev–Trinajstić information content (AvgIpc) is 3.32. The summed E-state index contributed by atoms with van der Waals surface area (Å²) < 4.78 is 0. The van der Waals surface area contributed by atoms with Crippen molar-refractivity contribution >= 4 is 40.7 Å². The Bertz CT molecular complexity index is 718. The Balaban J connectivity index is 0.00000225. The number of benzene rings is 1. The van der Waals surface area contributed by atoms with Gasteiger partial charge in [0.1, 0.15) is 0 Å². The Morgan fingerprint density at radius 3 is 2.16 bits per heavy atom. The van der Waals surface area contributed by atoms with Gasteiger partial charge in [0.15, 0.2) is 0 Å². The number of halogens is 1. The molecular formula is C20H22ClNOS2. The first kappa shape index (κ1) is 19.9.